The molecule has 0 N–H and O–H groups in total. The van der Waals surface area contributed by atoms with E-state index < -0.39 is 0 Å². The second-order valence-electron chi connectivity index (χ2n) is 1.67. The summed E-state index contributed by atoms with van der Waals surface area (Å²) in [6.45, 7) is 0. The van der Waals surface area contributed by atoms with Crippen molar-refractivity contribution in [1.82, 2.24) is 0 Å². The van der Waals surface area contributed by atoms with Gasteiger partial charge in [0.05, 0.1) is 0 Å². The quantitative estimate of drug-likeness (QED) is 0.349. The van der Waals surface area contributed by atoms with Gasteiger partial charge in [-0.25, -0.2) is 0 Å². The molecule has 0 aliphatic rings. The average molecular weight is 178 g/mol. The third-order valence-electron chi connectivity index (χ3n) is 1.01. The van der Waals surface area contributed by atoms with Gasteiger partial charge in [0.1, 0.15) is 6.29 Å². The van der Waals surface area contributed by atoms with E-state index in [0.717, 1.165) is 6.29 Å². The molecular weight excluding hydrogens is 169 g/mol. The van der Waals surface area contributed by atoms with Gasteiger partial charge in [0.2, 0.25) is 0 Å². The van der Waals surface area contributed by atoms with Gasteiger partial charge in [-0.15, -0.1) is 0 Å². The number of carbonyl (C=O) groups is 1. The predicted octanol–water partition coefficient (Wildman–Crippen LogP) is -2.30. The molecule has 0 heterocycles. The fraction of sp³-hybridized carbons (Fsp3) is 0. The number of aldehydes is 1. The number of halogens is 1. The number of rotatable bonds is 1. The van der Waals surface area contributed by atoms with Crippen LogP contribution in [0.4, 0.5) is 0 Å². The van der Waals surface area contributed by atoms with Crippen LogP contribution in [0.5, 0.6) is 0 Å². The first-order valence-electron chi connectivity index (χ1n) is 2.53. The average Bonchev–Trinajstić information content (AvgIpc) is 1.90. The van der Waals surface area contributed by atoms with E-state index >= 15 is 0 Å². The van der Waals surface area contributed by atoms with Crippen LogP contribution in [0.25, 0.3) is 0 Å². The Hall–Kier alpha value is 0.245. The molecule has 0 radical (unpaired) electrons. The molecule has 1 aromatic rings. The number of carbonyl (C=O) groups excluding carboxylic acids is 1. The Kier molecular flexibility index (Phi) is 8.69. The number of hydrogen-bond acceptors (Lipinski definition) is 1. The van der Waals surface area contributed by atoms with Crippen molar-refractivity contribution in [3.05, 3.63) is 34.9 Å². The fourth-order valence-corrected chi connectivity index (χ4v) is 0.667. The van der Waals surface area contributed by atoms with E-state index in [4.69, 9.17) is 11.6 Å². The van der Waals surface area contributed by atoms with Gasteiger partial charge in [-0.3, -0.25) is 4.79 Å². The Balaban J connectivity index is 0. The van der Waals surface area contributed by atoms with Gasteiger partial charge in [-0.2, -0.15) is 0 Å². The van der Waals surface area contributed by atoms with Gasteiger partial charge in [0, 0.05) is 10.6 Å². The largest absolute Gasteiger partial charge is 1.00 e. The van der Waals surface area contributed by atoms with Crippen LogP contribution >= 0.6 is 11.6 Å². The van der Waals surface area contributed by atoms with Crippen molar-refractivity contribution in [3.63, 3.8) is 0 Å². The maximum absolute atomic E-state index is 10.1. The third kappa shape index (κ3) is 4.64. The molecule has 0 saturated heterocycles. The van der Waals surface area contributed by atoms with Crippen LogP contribution in [0.2, 0.25) is 5.02 Å². The molecule has 4 heteroatoms. The monoisotopic (exact) mass is 178 g/mol. The number of hydrogen-bond donors (Lipinski definition) is 0. The topological polar surface area (TPSA) is 17.1 Å². The van der Waals surface area contributed by atoms with E-state index in [9.17, 15) is 4.79 Å². The van der Waals surface area contributed by atoms with Crippen LogP contribution in [-0.2, 0) is 0 Å². The first-order chi connectivity index (χ1) is 4.33. The minimum atomic E-state index is 0. The maximum Gasteiger partial charge on any atom is 1.00 e. The molecule has 0 fully saturated rings. The molecule has 0 amide bonds. The normalized spacial score (nSPS) is 7.36. The van der Waals surface area contributed by atoms with Crippen LogP contribution < -0.4 is 29.6 Å². The molecule has 54 valence electrons. The van der Waals surface area contributed by atoms with Crippen LogP contribution in [0.1, 0.15) is 10.4 Å². The minimum absolute atomic E-state index is 0. The summed E-state index contributed by atoms with van der Waals surface area (Å²) < 4.78 is 0. The summed E-state index contributed by atoms with van der Waals surface area (Å²) in [7, 11) is 0. The van der Waals surface area contributed by atoms with Crippen LogP contribution in [-0.4, -0.2) is 14.7 Å². The van der Waals surface area contributed by atoms with E-state index in [-0.39, 0.29) is 38.0 Å². The smallest absolute Gasteiger partial charge is 0.298 e. The van der Waals surface area contributed by atoms with E-state index in [1.54, 1.807) is 24.3 Å². The summed E-state index contributed by atoms with van der Waals surface area (Å²) in [6, 6.07) is 6.72. The van der Waals surface area contributed by atoms with Gasteiger partial charge in [-0.05, 0) is 12.1 Å². The molecular formula is C7H9BClNaO. The Morgan fingerprint density at radius 1 is 1.18 bits per heavy atom. The zero-order valence-corrected chi connectivity index (χ0v) is 8.43. The Morgan fingerprint density at radius 2 is 1.64 bits per heavy atom. The molecule has 0 bridgehead atoms. The second kappa shape index (κ2) is 6.92. The molecule has 0 aliphatic heterocycles. The van der Waals surface area contributed by atoms with E-state index in [1.807, 2.05) is 0 Å². The van der Waals surface area contributed by atoms with Crippen molar-refractivity contribution in [2.75, 3.05) is 0 Å². The Morgan fingerprint density at radius 3 is 2.00 bits per heavy atom. The summed E-state index contributed by atoms with van der Waals surface area (Å²) in [5, 5.41) is 0.653. The van der Waals surface area contributed by atoms with Crippen molar-refractivity contribution in [3.8, 4) is 0 Å². The molecule has 11 heavy (non-hydrogen) atoms. The summed E-state index contributed by atoms with van der Waals surface area (Å²) in [6.07, 6.45) is 0.788. The number of benzene rings is 1. The summed E-state index contributed by atoms with van der Waals surface area (Å²) in [4.78, 5) is 10.1. The van der Waals surface area contributed by atoms with Gasteiger partial charge in [0.15, 0.2) is 0 Å². The maximum atomic E-state index is 10.1. The van der Waals surface area contributed by atoms with Crippen LogP contribution in [0.3, 0.4) is 0 Å². The first-order valence-corrected chi connectivity index (χ1v) is 2.91. The molecule has 1 rings (SSSR count). The Bertz CT molecular complexity index is 212. The van der Waals surface area contributed by atoms with E-state index in [0.29, 0.717) is 10.6 Å². The summed E-state index contributed by atoms with van der Waals surface area (Å²) >= 11 is 5.55. The second-order valence-corrected chi connectivity index (χ2v) is 2.11. The standard InChI is InChI=1S/C7H5ClO.BH4.Na/c8-7-3-1-6(5-9)2-4-7;;/h1-5H;1H4;/q;-1;+1. The van der Waals surface area contributed by atoms with Crippen molar-refractivity contribution >= 4 is 26.3 Å². The van der Waals surface area contributed by atoms with Crippen molar-refractivity contribution in [1.29, 1.82) is 0 Å². The third-order valence-corrected chi connectivity index (χ3v) is 1.26. The minimum Gasteiger partial charge on any atom is -0.298 e. The zero-order chi connectivity index (χ0) is 6.69. The predicted molar refractivity (Wildman–Crippen MR) is 48.2 cm³/mol. The SMILES string of the molecule is O=Cc1ccc(Cl)cc1.[BH4-].[Na+]. The Labute approximate surface area is 95.0 Å². The van der Waals surface area contributed by atoms with E-state index in [1.165, 1.54) is 0 Å². The molecule has 0 spiro atoms. The first kappa shape index (κ1) is 13.8. The molecule has 0 aliphatic carbocycles. The van der Waals surface area contributed by atoms with Crippen molar-refractivity contribution in [2.45, 2.75) is 0 Å². The van der Waals surface area contributed by atoms with E-state index in [2.05, 4.69) is 0 Å². The van der Waals surface area contributed by atoms with Gasteiger partial charge >= 0.3 is 29.6 Å². The molecule has 1 aromatic carbocycles. The summed E-state index contributed by atoms with van der Waals surface area (Å²) in [5.41, 5.74) is 0.652. The molecule has 0 saturated carbocycles. The zero-order valence-electron chi connectivity index (χ0n) is 5.67. The van der Waals surface area contributed by atoms with Gasteiger partial charge in [0.25, 0.3) is 0 Å². The van der Waals surface area contributed by atoms with Crippen molar-refractivity contribution in [2.24, 2.45) is 0 Å². The van der Waals surface area contributed by atoms with Crippen LogP contribution in [0.15, 0.2) is 24.3 Å². The fourth-order valence-electron chi connectivity index (χ4n) is 0.541. The molecule has 1 nitrogen and oxygen atoms in total. The molecule has 0 aromatic heterocycles. The molecule has 0 atom stereocenters. The van der Waals surface area contributed by atoms with Crippen LogP contribution in [0, 0.1) is 0 Å². The van der Waals surface area contributed by atoms with Crippen molar-refractivity contribution < 1.29 is 34.4 Å². The van der Waals surface area contributed by atoms with Gasteiger partial charge in [-0.1, -0.05) is 32.1 Å². The summed E-state index contributed by atoms with van der Waals surface area (Å²) in [5.74, 6) is 0. The van der Waals surface area contributed by atoms with Gasteiger partial charge < -0.3 is 0 Å². The molecule has 0 unspecified atom stereocenters.